The first-order chi connectivity index (χ1) is 26.8. The van der Waals surface area contributed by atoms with E-state index in [9.17, 15) is 0 Å². The first kappa shape index (κ1) is 30.3. The molecule has 0 amide bonds. The summed E-state index contributed by atoms with van der Waals surface area (Å²) in [6, 6.07) is 63.4. The maximum Gasteiger partial charge on any atom is 0.164 e. The number of nitrogens with zero attached hydrogens (tertiary/aromatic N) is 4. The zero-order valence-corrected chi connectivity index (χ0v) is 29.0. The van der Waals surface area contributed by atoms with E-state index in [2.05, 4.69) is 114 Å². The second-order valence-corrected chi connectivity index (χ2v) is 13.6. The molecule has 0 saturated heterocycles. The highest BCUT2D eigenvalue weighted by Crippen LogP contribution is 2.40. The van der Waals surface area contributed by atoms with Crippen LogP contribution in [0.4, 0.5) is 0 Å². The van der Waals surface area contributed by atoms with Crippen molar-refractivity contribution in [1.29, 1.82) is 0 Å². The third kappa shape index (κ3) is 4.83. The van der Waals surface area contributed by atoms with Crippen LogP contribution in [0.2, 0.25) is 0 Å². The van der Waals surface area contributed by atoms with Crippen molar-refractivity contribution >= 4 is 54.5 Å². The highest BCUT2D eigenvalue weighted by atomic mass is 16.3. The van der Waals surface area contributed by atoms with Crippen LogP contribution in [0.25, 0.3) is 105 Å². The zero-order valence-electron chi connectivity index (χ0n) is 29.0. The number of fused-ring (bicyclic) bond motifs is 8. The largest absolute Gasteiger partial charge is 0.456 e. The Labute approximate surface area is 310 Å². The highest BCUT2D eigenvalue weighted by Gasteiger charge is 2.19. The maximum atomic E-state index is 6.45. The number of aromatic nitrogens is 4. The predicted molar refractivity (Wildman–Crippen MR) is 221 cm³/mol. The summed E-state index contributed by atoms with van der Waals surface area (Å²) in [6.07, 6.45) is 0. The zero-order chi connectivity index (χ0) is 35.6. The van der Waals surface area contributed by atoms with Gasteiger partial charge in [-0.25, -0.2) is 15.0 Å². The van der Waals surface area contributed by atoms with Crippen LogP contribution in [0.5, 0.6) is 0 Å². The molecule has 54 heavy (non-hydrogen) atoms. The molecular formula is C49H30N4O. The Hall–Kier alpha value is -7.37. The summed E-state index contributed by atoms with van der Waals surface area (Å²) in [5.74, 6) is 1.85. The van der Waals surface area contributed by atoms with Gasteiger partial charge in [0.1, 0.15) is 11.2 Å². The van der Waals surface area contributed by atoms with Crippen LogP contribution in [-0.2, 0) is 0 Å². The lowest BCUT2D eigenvalue weighted by Crippen LogP contribution is -2.00. The SMILES string of the molecule is c1ccc(-c2nc(-c3ccccc3)nc(-c3cccc4oc5ccc(-c6ccc(-n7c8ccccc8c8ccc9ccccc9c87)cc6)cc5c34)n2)cc1. The normalized spacial score (nSPS) is 11.7. The van der Waals surface area contributed by atoms with Crippen LogP contribution in [0.15, 0.2) is 186 Å². The molecule has 0 fully saturated rings. The lowest BCUT2D eigenvalue weighted by atomic mass is 10.00. The Morgan fingerprint density at radius 2 is 1.04 bits per heavy atom. The van der Waals surface area contributed by atoms with E-state index in [0.29, 0.717) is 17.5 Å². The van der Waals surface area contributed by atoms with Gasteiger partial charge in [0.2, 0.25) is 0 Å². The van der Waals surface area contributed by atoms with Crippen molar-refractivity contribution in [3.63, 3.8) is 0 Å². The number of hydrogen-bond acceptors (Lipinski definition) is 4. The predicted octanol–water partition coefficient (Wildman–Crippen LogP) is 12.7. The molecule has 11 aromatic rings. The number of hydrogen-bond donors (Lipinski definition) is 0. The third-order valence-electron chi connectivity index (χ3n) is 10.5. The summed E-state index contributed by atoms with van der Waals surface area (Å²) in [5, 5.41) is 6.97. The Bertz CT molecular complexity index is 3140. The van der Waals surface area contributed by atoms with E-state index in [-0.39, 0.29) is 0 Å². The summed E-state index contributed by atoms with van der Waals surface area (Å²) in [7, 11) is 0. The van der Waals surface area contributed by atoms with Crippen molar-refractivity contribution in [2.45, 2.75) is 0 Å². The van der Waals surface area contributed by atoms with Gasteiger partial charge in [0.15, 0.2) is 17.5 Å². The second kappa shape index (κ2) is 12.1. The molecule has 0 saturated carbocycles. The van der Waals surface area contributed by atoms with Crippen LogP contribution in [0.3, 0.4) is 0 Å². The Balaban J connectivity index is 1.05. The minimum absolute atomic E-state index is 0.601. The molecule has 0 radical (unpaired) electrons. The topological polar surface area (TPSA) is 56.7 Å². The van der Waals surface area contributed by atoms with E-state index in [1.165, 1.54) is 32.6 Å². The van der Waals surface area contributed by atoms with Gasteiger partial charge in [0.25, 0.3) is 0 Å². The summed E-state index contributed by atoms with van der Waals surface area (Å²) < 4.78 is 8.85. The highest BCUT2D eigenvalue weighted by molar-refractivity contribution is 6.18. The van der Waals surface area contributed by atoms with Gasteiger partial charge in [-0.3, -0.25) is 0 Å². The molecule has 0 spiro atoms. The molecule has 0 bridgehead atoms. The van der Waals surface area contributed by atoms with Crippen molar-refractivity contribution in [3.8, 4) is 51.0 Å². The first-order valence-corrected chi connectivity index (χ1v) is 18.1. The van der Waals surface area contributed by atoms with Gasteiger partial charge in [-0.1, -0.05) is 146 Å². The molecule has 0 aliphatic rings. The van der Waals surface area contributed by atoms with Gasteiger partial charge >= 0.3 is 0 Å². The second-order valence-electron chi connectivity index (χ2n) is 13.6. The maximum absolute atomic E-state index is 6.45. The van der Waals surface area contributed by atoms with Crippen molar-refractivity contribution in [2.24, 2.45) is 0 Å². The molecule has 3 aromatic heterocycles. The fraction of sp³-hybridized carbons (Fsp3) is 0. The van der Waals surface area contributed by atoms with E-state index in [1.54, 1.807) is 0 Å². The molecule has 252 valence electrons. The number of furan rings is 1. The van der Waals surface area contributed by atoms with Gasteiger partial charge in [0, 0.05) is 49.3 Å². The summed E-state index contributed by atoms with van der Waals surface area (Å²) in [5.41, 5.74) is 10.1. The minimum atomic E-state index is 0.601. The van der Waals surface area contributed by atoms with Crippen LogP contribution in [0.1, 0.15) is 0 Å². The van der Waals surface area contributed by atoms with Gasteiger partial charge in [-0.2, -0.15) is 0 Å². The Morgan fingerprint density at radius 3 is 1.80 bits per heavy atom. The molecule has 0 aliphatic heterocycles. The van der Waals surface area contributed by atoms with Crippen LogP contribution in [-0.4, -0.2) is 19.5 Å². The molecule has 0 unspecified atom stereocenters. The van der Waals surface area contributed by atoms with E-state index in [4.69, 9.17) is 19.4 Å². The summed E-state index contributed by atoms with van der Waals surface area (Å²) >= 11 is 0. The Morgan fingerprint density at radius 1 is 0.389 bits per heavy atom. The van der Waals surface area contributed by atoms with Crippen molar-refractivity contribution < 1.29 is 4.42 Å². The molecule has 8 aromatic carbocycles. The minimum Gasteiger partial charge on any atom is -0.456 e. The fourth-order valence-electron chi connectivity index (χ4n) is 7.92. The van der Waals surface area contributed by atoms with Gasteiger partial charge in [-0.15, -0.1) is 0 Å². The fourth-order valence-corrected chi connectivity index (χ4v) is 7.92. The number of rotatable bonds is 5. The number of benzene rings is 8. The van der Waals surface area contributed by atoms with Crippen LogP contribution >= 0.6 is 0 Å². The molecule has 0 N–H and O–H groups in total. The van der Waals surface area contributed by atoms with E-state index in [1.807, 2.05) is 72.8 Å². The van der Waals surface area contributed by atoms with Gasteiger partial charge in [0.05, 0.1) is 11.0 Å². The molecule has 0 atom stereocenters. The van der Waals surface area contributed by atoms with Gasteiger partial charge < -0.3 is 8.98 Å². The quantitative estimate of drug-likeness (QED) is 0.180. The lowest BCUT2D eigenvalue weighted by molar-refractivity contribution is 0.669. The average molecular weight is 691 g/mol. The van der Waals surface area contributed by atoms with Crippen molar-refractivity contribution in [1.82, 2.24) is 19.5 Å². The third-order valence-corrected chi connectivity index (χ3v) is 10.5. The van der Waals surface area contributed by atoms with Gasteiger partial charge in [-0.05, 0) is 52.9 Å². The summed E-state index contributed by atoms with van der Waals surface area (Å²) in [6.45, 7) is 0. The van der Waals surface area contributed by atoms with E-state index in [0.717, 1.165) is 55.4 Å². The standard InChI is InChI=1S/C49H30N4O/c1-3-13-33(14-4-1)47-50-48(34-15-5-2-6-16-34)52-49(51-47)40-19-11-21-44-45(40)41-30-35(25-29-43(41)54-44)31-22-26-36(27-23-31)53-42-20-10-9-18-38(42)39-28-24-32-12-7-8-17-37(32)46(39)53/h1-30H. The van der Waals surface area contributed by atoms with Crippen molar-refractivity contribution in [3.05, 3.63) is 182 Å². The lowest BCUT2D eigenvalue weighted by Gasteiger charge is -2.11. The molecular weight excluding hydrogens is 661 g/mol. The number of para-hydroxylation sites is 1. The summed E-state index contributed by atoms with van der Waals surface area (Å²) in [4.78, 5) is 15.0. The van der Waals surface area contributed by atoms with E-state index < -0.39 is 0 Å². The average Bonchev–Trinajstić information content (AvgIpc) is 3.80. The molecule has 3 heterocycles. The smallest absolute Gasteiger partial charge is 0.164 e. The first-order valence-electron chi connectivity index (χ1n) is 18.1. The Kier molecular flexibility index (Phi) is 6.79. The van der Waals surface area contributed by atoms with Crippen LogP contribution < -0.4 is 0 Å². The monoisotopic (exact) mass is 690 g/mol. The van der Waals surface area contributed by atoms with E-state index >= 15 is 0 Å². The molecule has 5 heteroatoms. The molecule has 11 rings (SSSR count). The van der Waals surface area contributed by atoms with Crippen LogP contribution in [0, 0.1) is 0 Å². The molecule has 5 nitrogen and oxygen atoms in total. The van der Waals surface area contributed by atoms with Crippen molar-refractivity contribution in [2.75, 3.05) is 0 Å². The molecule has 0 aliphatic carbocycles.